The number of hydrogen-bond donors (Lipinski definition) is 3. The average molecular weight is 300 g/mol. The second kappa shape index (κ2) is 7.12. The first-order valence-electron chi connectivity index (χ1n) is 6.23. The Morgan fingerprint density at radius 2 is 2.30 bits per heavy atom. The predicted octanol–water partition coefficient (Wildman–Crippen LogP) is 1.51. The fourth-order valence-corrected chi connectivity index (χ4v) is 1.83. The molecule has 0 radical (unpaired) electrons. The minimum Gasteiger partial charge on any atom is -0.482 e. The maximum absolute atomic E-state index is 11.8. The Balaban J connectivity index is 0.00000200. The van der Waals surface area contributed by atoms with E-state index in [2.05, 4.69) is 10.6 Å². The molecule has 1 aromatic rings. The molecule has 2 amide bonds. The van der Waals surface area contributed by atoms with Crippen molar-refractivity contribution in [2.45, 2.75) is 25.8 Å². The molecule has 0 saturated heterocycles. The van der Waals surface area contributed by atoms with E-state index in [0.29, 0.717) is 23.5 Å². The molecule has 20 heavy (non-hydrogen) atoms. The van der Waals surface area contributed by atoms with Crippen molar-refractivity contribution in [3.05, 3.63) is 18.2 Å². The molecule has 1 heterocycles. The molecule has 0 bridgehead atoms. The molecule has 1 aliphatic rings. The smallest absolute Gasteiger partial charge is 0.262 e. The van der Waals surface area contributed by atoms with Crippen molar-refractivity contribution in [1.82, 2.24) is 0 Å². The molecule has 1 unspecified atom stereocenters. The third-order valence-corrected chi connectivity index (χ3v) is 2.82. The van der Waals surface area contributed by atoms with Crippen LogP contribution in [0.5, 0.6) is 5.75 Å². The highest BCUT2D eigenvalue weighted by Gasteiger charge is 2.17. The van der Waals surface area contributed by atoms with Crippen LogP contribution in [0.4, 0.5) is 11.4 Å². The largest absolute Gasteiger partial charge is 0.482 e. The second-order valence-electron chi connectivity index (χ2n) is 4.43. The van der Waals surface area contributed by atoms with Crippen molar-refractivity contribution in [2.24, 2.45) is 5.73 Å². The van der Waals surface area contributed by atoms with E-state index in [0.717, 1.165) is 6.42 Å². The van der Waals surface area contributed by atoms with Crippen LogP contribution in [0.1, 0.15) is 19.8 Å². The molecule has 4 N–H and O–H groups in total. The van der Waals surface area contributed by atoms with Crippen LogP contribution in [0.25, 0.3) is 0 Å². The predicted molar refractivity (Wildman–Crippen MR) is 79.3 cm³/mol. The third kappa shape index (κ3) is 3.85. The highest BCUT2D eigenvalue weighted by atomic mass is 35.5. The van der Waals surface area contributed by atoms with E-state index in [1.165, 1.54) is 0 Å². The number of hydrogen-bond acceptors (Lipinski definition) is 4. The van der Waals surface area contributed by atoms with Crippen molar-refractivity contribution >= 4 is 35.6 Å². The lowest BCUT2D eigenvalue weighted by atomic mass is 10.1. The zero-order chi connectivity index (χ0) is 13.8. The maximum Gasteiger partial charge on any atom is 0.262 e. The summed E-state index contributed by atoms with van der Waals surface area (Å²) in [6.07, 6.45) is 1.50. The molecule has 1 aliphatic heterocycles. The van der Waals surface area contributed by atoms with Crippen molar-refractivity contribution in [3.8, 4) is 5.75 Å². The lowest BCUT2D eigenvalue weighted by Gasteiger charge is -2.19. The van der Waals surface area contributed by atoms with E-state index < -0.39 is 6.04 Å². The first kappa shape index (κ1) is 16.3. The molecule has 0 saturated carbocycles. The van der Waals surface area contributed by atoms with Gasteiger partial charge in [0.15, 0.2) is 6.61 Å². The van der Waals surface area contributed by atoms with Gasteiger partial charge in [-0.15, -0.1) is 12.4 Å². The van der Waals surface area contributed by atoms with Crippen LogP contribution in [0.15, 0.2) is 18.2 Å². The van der Waals surface area contributed by atoms with Gasteiger partial charge in [0.1, 0.15) is 5.75 Å². The summed E-state index contributed by atoms with van der Waals surface area (Å²) in [5.41, 5.74) is 6.94. The Bertz CT molecular complexity index is 508. The Morgan fingerprint density at radius 1 is 1.55 bits per heavy atom. The second-order valence-corrected chi connectivity index (χ2v) is 4.43. The summed E-state index contributed by atoms with van der Waals surface area (Å²) in [4.78, 5) is 22.9. The number of benzene rings is 1. The van der Waals surface area contributed by atoms with E-state index in [1.54, 1.807) is 18.2 Å². The number of anilines is 2. The highest BCUT2D eigenvalue weighted by molar-refractivity contribution is 5.98. The first-order valence-corrected chi connectivity index (χ1v) is 6.23. The Morgan fingerprint density at radius 3 is 3.00 bits per heavy atom. The first-order chi connectivity index (χ1) is 9.10. The van der Waals surface area contributed by atoms with Gasteiger partial charge in [0.05, 0.1) is 11.7 Å². The van der Waals surface area contributed by atoms with Crippen LogP contribution in [-0.2, 0) is 9.59 Å². The van der Waals surface area contributed by atoms with E-state index >= 15 is 0 Å². The van der Waals surface area contributed by atoms with Gasteiger partial charge >= 0.3 is 0 Å². The van der Waals surface area contributed by atoms with E-state index in [-0.39, 0.29) is 30.8 Å². The van der Waals surface area contributed by atoms with Crippen LogP contribution < -0.4 is 21.1 Å². The SMILES string of the molecule is CCCC(N)C(=O)Nc1ccc2c(c1)OCC(=O)N2.Cl. The Kier molecular flexibility index (Phi) is 5.79. The normalized spacial score (nSPS) is 14.2. The highest BCUT2D eigenvalue weighted by Crippen LogP contribution is 2.30. The fraction of sp³-hybridized carbons (Fsp3) is 0.385. The summed E-state index contributed by atoms with van der Waals surface area (Å²) < 4.78 is 5.27. The number of rotatable bonds is 4. The number of fused-ring (bicyclic) bond motifs is 1. The van der Waals surface area contributed by atoms with E-state index in [9.17, 15) is 9.59 Å². The maximum atomic E-state index is 11.8. The zero-order valence-electron chi connectivity index (χ0n) is 11.1. The van der Waals surface area contributed by atoms with Gasteiger partial charge in [-0.25, -0.2) is 0 Å². The minimum absolute atomic E-state index is 0. The molecule has 1 aromatic carbocycles. The van der Waals surface area contributed by atoms with Crippen molar-refractivity contribution in [1.29, 1.82) is 0 Å². The van der Waals surface area contributed by atoms with E-state index in [4.69, 9.17) is 10.5 Å². The summed E-state index contributed by atoms with van der Waals surface area (Å²) in [5.74, 6) is 0.136. The Labute approximate surface area is 123 Å². The van der Waals surface area contributed by atoms with Gasteiger partial charge in [-0.3, -0.25) is 9.59 Å². The summed E-state index contributed by atoms with van der Waals surface area (Å²) in [5, 5.41) is 5.41. The van der Waals surface area contributed by atoms with Gasteiger partial charge in [0, 0.05) is 11.8 Å². The monoisotopic (exact) mass is 299 g/mol. The number of halogens is 1. The van der Waals surface area contributed by atoms with Crippen LogP contribution in [0, 0.1) is 0 Å². The van der Waals surface area contributed by atoms with Gasteiger partial charge in [-0.1, -0.05) is 13.3 Å². The molecule has 2 rings (SSSR count). The molecular formula is C13H18ClN3O3. The third-order valence-electron chi connectivity index (χ3n) is 2.82. The average Bonchev–Trinajstić information content (AvgIpc) is 2.39. The Hall–Kier alpha value is -1.79. The van der Waals surface area contributed by atoms with Gasteiger partial charge < -0.3 is 21.1 Å². The number of nitrogens with one attached hydrogen (secondary N) is 2. The topological polar surface area (TPSA) is 93.5 Å². The minimum atomic E-state index is -0.512. The summed E-state index contributed by atoms with van der Waals surface area (Å²) in [6, 6.07) is 4.55. The van der Waals surface area contributed by atoms with Crippen LogP contribution in [0.2, 0.25) is 0 Å². The molecule has 1 atom stereocenters. The molecule has 110 valence electrons. The molecule has 7 heteroatoms. The van der Waals surface area contributed by atoms with E-state index in [1.807, 2.05) is 6.92 Å². The molecule has 0 aromatic heterocycles. The van der Waals surface area contributed by atoms with Gasteiger partial charge in [0.25, 0.3) is 5.91 Å². The summed E-state index contributed by atoms with van der Waals surface area (Å²) in [6.45, 7) is 1.96. The quantitative estimate of drug-likeness (QED) is 0.785. The number of carbonyl (C=O) groups excluding carboxylic acids is 2. The number of nitrogens with two attached hydrogens (primary N) is 1. The fourth-order valence-electron chi connectivity index (χ4n) is 1.83. The standard InChI is InChI=1S/C13H17N3O3.ClH/c1-2-3-9(14)13(18)15-8-4-5-10-11(6-8)19-7-12(17)16-10;/h4-6,9H,2-3,7,14H2,1H3,(H,15,18)(H,16,17);1H. The molecule has 0 fully saturated rings. The molecule has 0 spiro atoms. The summed E-state index contributed by atoms with van der Waals surface area (Å²) in [7, 11) is 0. The molecule has 6 nitrogen and oxygen atoms in total. The lowest BCUT2D eigenvalue weighted by molar-refractivity contribution is -0.119. The zero-order valence-corrected chi connectivity index (χ0v) is 12.0. The van der Waals surface area contributed by atoms with Crippen LogP contribution in [-0.4, -0.2) is 24.5 Å². The van der Waals surface area contributed by atoms with Gasteiger partial charge in [0.2, 0.25) is 5.91 Å². The van der Waals surface area contributed by atoms with Crippen LogP contribution in [0.3, 0.4) is 0 Å². The number of amides is 2. The van der Waals surface area contributed by atoms with Crippen molar-refractivity contribution in [3.63, 3.8) is 0 Å². The lowest BCUT2D eigenvalue weighted by Crippen LogP contribution is -2.35. The van der Waals surface area contributed by atoms with Crippen molar-refractivity contribution < 1.29 is 14.3 Å². The van der Waals surface area contributed by atoms with Gasteiger partial charge in [-0.05, 0) is 18.6 Å². The van der Waals surface area contributed by atoms with Gasteiger partial charge in [-0.2, -0.15) is 0 Å². The number of carbonyl (C=O) groups is 2. The van der Waals surface area contributed by atoms with Crippen LogP contribution >= 0.6 is 12.4 Å². The number of ether oxygens (including phenoxy) is 1. The van der Waals surface area contributed by atoms with Crippen molar-refractivity contribution in [2.75, 3.05) is 17.2 Å². The molecule has 0 aliphatic carbocycles. The summed E-state index contributed by atoms with van der Waals surface area (Å²) >= 11 is 0. The molecular weight excluding hydrogens is 282 g/mol.